The van der Waals surface area contributed by atoms with Crippen LogP contribution in [0.1, 0.15) is 53.0 Å². The normalized spacial score (nSPS) is 13.3. The van der Waals surface area contributed by atoms with Gasteiger partial charge in [-0.2, -0.15) is 5.10 Å². The van der Waals surface area contributed by atoms with Crippen LogP contribution in [0.2, 0.25) is 0 Å². The van der Waals surface area contributed by atoms with E-state index in [1.807, 2.05) is 79.2 Å². The molecule has 2 heterocycles. The number of nitrogens with one attached hydrogen (secondary N) is 1. The first-order valence-corrected chi connectivity index (χ1v) is 11.6. The van der Waals surface area contributed by atoms with Gasteiger partial charge in [0.2, 0.25) is 0 Å². The molecule has 6 heteroatoms. The van der Waals surface area contributed by atoms with Crippen LogP contribution in [-0.2, 0) is 6.42 Å². The van der Waals surface area contributed by atoms with Crippen molar-refractivity contribution in [1.29, 1.82) is 0 Å². The first-order valence-electron chi connectivity index (χ1n) is 11.6. The van der Waals surface area contributed by atoms with Crippen molar-refractivity contribution in [3.8, 4) is 11.4 Å². The molecule has 0 saturated heterocycles. The number of hydrogen-bond donors (Lipinski definition) is 1. The molecular weight excluding hydrogens is 412 g/mol. The number of benzene rings is 2. The Bertz CT molecular complexity index is 1280. The molecule has 1 saturated carbocycles. The SMILES string of the molecule is CCOc1ccc(CCNC(=O)c2cc(C3CC3)nc3c2c(C)nn3-c2ccccc2)cc1. The lowest BCUT2D eigenvalue weighted by Gasteiger charge is -2.10. The molecule has 0 aliphatic heterocycles. The van der Waals surface area contributed by atoms with Gasteiger partial charge in [0, 0.05) is 18.2 Å². The van der Waals surface area contributed by atoms with E-state index in [2.05, 4.69) is 5.32 Å². The summed E-state index contributed by atoms with van der Waals surface area (Å²) in [6, 6.07) is 20.0. The third-order valence-corrected chi connectivity index (χ3v) is 6.01. The summed E-state index contributed by atoms with van der Waals surface area (Å²) in [6.07, 6.45) is 3.00. The zero-order chi connectivity index (χ0) is 22.8. The second-order valence-corrected chi connectivity index (χ2v) is 8.48. The Hall–Kier alpha value is -3.67. The number of ether oxygens (including phenoxy) is 1. The van der Waals surface area contributed by atoms with E-state index in [0.717, 1.165) is 58.7 Å². The van der Waals surface area contributed by atoms with E-state index in [9.17, 15) is 4.79 Å². The van der Waals surface area contributed by atoms with Crippen molar-refractivity contribution < 1.29 is 9.53 Å². The molecular formula is C27H28N4O2. The van der Waals surface area contributed by atoms with Gasteiger partial charge in [-0.25, -0.2) is 9.67 Å². The molecule has 1 aliphatic rings. The topological polar surface area (TPSA) is 69.0 Å². The highest BCUT2D eigenvalue weighted by atomic mass is 16.5. The van der Waals surface area contributed by atoms with Crippen LogP contribution in [0.3, 0.4) is 0 Å². The van der Waals surface area contributed by atoms with E-state index in [1.54, 1.807) is 0 Å². The number of rotatable bonds is 8. The van der Waals surface area contributed by atoms with Crippen molar-refractivity contribution in [2.45, 2.75) is 39.0 Å². The van der Waals surface area contributed by atoms with Crippen LogP contribution in [0.25, 0.3) is 16.7 Å². The van der Waals surface area contributed by atoms with Crippen LogP contribution in [-0.4, -0.2) is 33.8 Å². The zero-order valence-corrected chi connectivity index (χ0v) is 19.0. The summed E-state index contributed by atoms with van der Waals surface area (Å²) in [6.45, 7) is 5.12. The lowest BCUT2D eigenvalue weighted by Crippen LogP contribution is -2.26. The molecule has 33 heavy (non-hydrogen) atoms. The minimum atomic E-state index is -0.0778. The number of hydrogen-bond acceptors (Lipinski definition) is 4. The van der Waals surface area contributed by atoms with Crippen LogP contribution in [0.5, 0.6) is 5.75 Å². The second-order valence-electron chi connectivity index (χ2n) is 8.48. The van der Waals surface area contributed by atoms with Crippen molar-refractivity contribution in [2.75, 3.05) is 13.2 Å². The highest BCUT2D eigenvalue weighted by Gasteiger charge is 2.29. The Balaban J connectivity index is 1.41. The van der Waals surface area contributed by atoms with Gasteiger partial charge in [0.05, 0.1) is 28.9 Å². The molecule has 168 valence electrons. The summed E-state index contributed by atoms with van der Waals surface area (Å²) in [4.78, 5) is 18.2. The van der Waals surface area contributed by atoms with Gasteiger partial charge < -0.3 is 10.1 Å². The number of pyridine rings is 1. The smallest absolute Gasteiger partial charge is 0.252 e. The molecule has 0 radical (unpaired) electrons. The molecule has 0 spiro atoms. The number of amides is 1. The third-order valence-electron chi connectivity index (χ3n) is 6.01. The summed E-state index contributed by atoms with van der Waals surface area (Å²) >= 11 is 0. The Morgan fingerprint density at radius 1 is 1.12 bits per heavy atom. The van der Waals surface area contributed by atoms with Crippen LogP contribution in [0.15, 0.2) is 60.7 Å². The fourth-order valence-electron chi connectivity index (χ4n) is 4.16. The largest absolute Gasteiger partial charge is 0.494 e. The fraction of sp³-hybridized carbons (Fsp3) is 0.296. The lowest BCUT2D eigenvalue weighted by atomic mass is 10.1. The highest BCUT2D eigenvalue weighted by Crippen LogP contribution is 2.40. The molecule has 1 N–H and O–H groups in total. The summed E-state index contributed by atoms with van der Waals surface area (Å²) < 4.78 is 7.35. The standard InChI is InChI=1S/C27H28N4O2/c1-3-33-22-13-9-19(10-14-22)15-16-28-27(32)23-17-24(20-11-12-20)29-26-25(23)18(2)30-31(26)21-7-5-4-6-8-21/h4-10,13-14,17,20H,3,11-12,15-16H2,1-2H3,(H,28,32). The molecule has 1 aliphatic carbocycles. The monoisotopic (exact) mass is 440 g/mol. The number of carbonyl (C=O) groups is 1. The van der Waals surface area contributed by atoms with Gasteiger partial charge in [0.15, 0.2) is 5.65 Å². The Labute approximate surface area is 193 Å². The molecule has 5 rings (SSSR count). The molecule has 2 aromatic carbocycles. The average molecular weight is 441 g/mol. The number of nitrogens with zero attached hydrogens (tertiary/aromatic N) is 3. The van der Waals surface area contributed by atoms with Gasteiger partial charge >= 0.3 is 0 Å². The molecule has 0 bridgehead atoms. The number of carbonyl (C=O) groups excluding carboxylic acids is 1. The van der Waals surface area contributed by atoms with Gasteiger partial charge in [-0.3, -0.25) is 4.79 Å². The van der Waals surface area contributed by atoms with Crippen LogP contribution in [0.4, 0.5) is 0 Å². The van der Waals surface area contributed by atoms with Gasteiger partial charge in [-0.05, 0) is 69.0 Å². The van der Waals surface area contributed by atoms with E-state index >= 15 is 0 Å². The Morgan fingerprint density at radius 3 is 2.58 bits per heavy atom. The van der Waals surface area contributed by atoms with E-state index in [0.29, 0.717) is 24.6 Å². The minimum absolute atomic E-state index is 0.0778. The zero-order valence-electron chi connectivity index (χ0n) is 19.0. The summed E-state index contributed by atoms with van der Waals surface area (Å²) in [5, 5.41) is 8.67. The first kappa shape index (κ1) is 21.2. The predicted octanol–water partition coefficient (Wildman–Crippen LogP) is 4.98. The Morgan fingerprint density at radius 2 is 1.88 bits per heavy atom. The van der Waals surface area contributed by atoms with Crippen LogP contribution in [0, 0.1) is 6.92 Å². The quantitative estimate of drug-likeness (QED) is 0.420. The molecule has 4 aromatic rings. The van der Waals surface area contributed by atoms with Crippen molar-refractivity contribution in [3.63, 3.8) is 0 Å². The molecule has 0 unspecified atom stereocenters. The maximum absolute atomic E-state index is 13.3. The van der Waals surface area contributed by atoms with Gasteiger partial charge in [-0.15, -0.1) is 0 Å². The van der Waals surface area contributed by atoms with E-state index < -0.39 is 0 Å². The summed E-state index contributed by atoms with van der Waals surface area (Å²) in [5.41, 5.74) is 5.30. The molecule has 6 nitrogen and oxygen atoms in total. The lowest BCUT2D eigenvalue weighted by molar-refractivity contribution is 0.0955. The van der Waals surface area contributed by atoms with Crippen LogP contribution >= 0.6 is 0 Å². The number of aryl methyl sites for hydroxylation is 1. The average Bonchev–Trinajstić information content (AvgIpc) is 3.64. The van der Waals surface area contributed by atoms with Crippen molar-refractivity contribution >= 4 is 16.9 Å². The number of aromatic nitrogens is 3. The highest BCUT2D eigenvalue weighted by molar-refractivity contribution is 6.06. The van der Waals surface area contributed by atoms with E-state index in [-0.39, 0.29) is 5.91 Å². The maximum atomic E-state index is 13.3. The van der Waals surface area contributed by atoms with Gasteiger partial charge in [-0.1, -0.05) is 30.3 Å². The van der Waals surface area contributed by atoms with Crippen molar-refractivity contribution in [3.05, 3.63) is 83.2 Å². The number of para-hydroxylation sites is 1. The van der Waals surface area contributed by atoms with E-state index in [4.69, 9.17) is 14.8 Å². The van der Waals surface area contributed by atoms with Gasteiger partial charge in [0.25, 0.3) is 5.91 Å². The number of fused-ring (bicyclic) bond motifs is 1. The summed E-state index contributed by atoms with van der Waals surface area (Å²) in [7, 11) is 0. The van der Waals surface area contributed by atoms with Crippen molar-refractivity contribution in [1.82, 2.24) is 20.1 Å². The minimum Gasteiger partial charge on any atom is -0.494 e. The second kappa shape index (κ2) is 9.06. The predicted molar refractivity (Wildman–Crippen MR) is 129 cm³/mol. The van der Waals surface area contributed by atoms with Gasteiger partial charge in [0.1, 0.15) is 5.75 Å². The first-order chi connectivity index (χ1) is 16.1. The third kappa shape index (κ3) is 4.46. The van der Waals surface area contributed by atoms with Crippen molar-refractivity contribution in [2.24, 2.45) is 0 Å². The summed E-state index contributed by atoms with van der Waals surface area (Å²) in [5.74, 6) is 1.22. The molecule has 1 amide bonds. The Kier molecular flexibility index (Phi) is 5.82. The van der Waals surface area contributed by atoms with E-state index in [1.165, 1.54) is 0 Å². The molecule has 1 fully saturated rings. The molecule has 2 aromatic heterocycles. The fourth-order valence-corrected chi connectivity index (χ4v) is 4.16. The maximum Gasteiger partial charge on any atom is 0.252 e. The van der Waals surface area contributed by atoms with Crippen LogP contribution < -0.4 is 10.1 Å². The molecule has 0 atom stereocenters.